The topological polar surface area (TPSA) is 86.3 Å². The molecule has 1 saturated carbocycles. The number of hydrogen-bond donors (Lipinski definition) is 0. The number of hydrogen-bond acceptors (Lipinski definition) is 7. The standard InChI is InChI=1S/C23H26F3N5O3/c1-3-16-19-17(11-13(2)12-18(19)33-21(32)23(24,25)26)31(28-16)22-27-20(34-29-22)14-7-9-30(10-8-14)15-5-4-6-15/h11-12,14-15H,3-10H2,1-2H3. The zero-order valence-corrected chi connectivity index (χ0v) is 19.1. The van der Waals surface area contributed by atoms with Crippen molar-refractivity contribution in [3.05, 3.63) is 29.3 Å². The zero-order valence-electron chi connectivity index (χ0n) is 19.1. The number of aromatic nitrogens is 4. The average Bonchev–Trinajstić information content (AvgIpc) is 3.37. The molecule has 1 aliphatic carbocycles. The quantitative estimate of drug-likeness (QED) is 0.396. The highest BCUT2D eigenvalue weighted by atomic mass is 19.4. The molecule has 1 aliphatic heterocycles. The molecule has 34 heavy (non-hydrogen) atoms. The van der Waals surface area contributed by atoms with Gasteiger partial charge in [-0.1, -0.05) is 13.3 Å². The van der Waals surface area contributed by atoms with Crippen molar-refractivity contribution in [1.82, 2.24) is 24.8 Å². The predicted octanol–water partition coefficient (Wildman–Crippen LogP) is 4.48. The third-order valence-electron chi connectivity index (χ3n) is 6.82. The van der Waals surface area contributed by atoms with E-state index in [2.05, 4.69) is 20.1 Å². The molecule has 11 heteroatoms. The minimum atomic E-state index is -5.10. The summed E-state index contributed by atoms with van der Waals surface area (Å²) < 4.78 is 50.2. The monoisotopic (exact) mass is 477 g/mol. The molecule has 2 fully saturated rings. The van der Waals surface area contributed by atoms with Crippen molar-refractivity contribution >= 4 is 16.9 Å². The molecule has 2 aromatic heterocycles. The Labute approximate surface area is 194 Å². The molecule has 0 atom stereocenters. The molecule has 1 aromatic carbocycles. The molecule has 8 nitrogen and oxygen atoms in total. The van der Waals surface area contributed by atoms with Gasteiger partial charge in [0.15, 0.2) is 0 Å². The maximum Gasteiger partial charge on any atom is 0.491 e. The van der Waals surface area contributed by atoms with Crippen LogP contribution in [0.1, 0.15) is 62.1 Å². The Morgan fingerprint density at radius 2 is 1.94 bits per heavy atom. The van der Waals surface area contributed by atoms with Gasteiger partial charge in [-0.15, -0.1) is 0 Å². The van der Waals surface area contributed by atoms with Gasteiger partial charge < -0.3 is 14.2 Å². The molecular formula is C23H26F3N5O3. The van der Waals surface area contributed by atoms with E-state index in [-0.39, 0.29) is 17.6 Å². The number of rotatable bonds is 5. The maximum absolute atomic E-state index is 12.8. The van der Waals surface area contributed by atoms with Crippen LogP contribution in [0, 0.1) is 6.92 Å². The lowest BCUT2D eigenvalue weighted by Gasteiger charge is -2.41. The summed E-state index contributed by atoms with van der Waals surface area (Å²) in [4.78, 5) is 18.6. The van der Waals surface area contributed by atoms with E-state index in [0.29, 0.717) is 40.5 Å². The van der Waals surface area contributed by atoms with Gasteiger partial charge in [-0.3, -0.25) is 0 Å². The highest BCUT2D eigenvalue weighted by Crippen LogP contribution is 2.35. The number of esters is 1. The first-order chi connectivity index (χ1) is 16.2. The first-order valence-corrected chi connectivity index (χ1v) is 11.6. The van der Waals surface area contributed by atoms with Gasteiger partial charge in [0.1, 0.15) is 5.75 Å². The highest BCUT2D eigenvalue weighted by Gasteiger charge is 2.42. The molecule has 3 aromatic rings. The molecule has 0 spiro atoms. The smallest absolute Gasteiger partial charge is 0.419 e. The summed E-state index contributed by atoms with van der Waals surface area (Å²) in [5, 5.41) is 8.95. The Bertz CT molecular complexity index is 1210. The third-order valence-corrected chi connectivity index (χ3v) is 6.82. The Balaban J connectivity index is 1.44. The van der Waals surface area contributed by atoms with Crippen molar-refractivity contribution < 1.29 is 27.2 Å². The number of halogens is 3. The number of likely N-dealkylation sites (tertiary alicyclic amines) is 1. The average molecular weight is 477 g/mol. The van der Waals surface area contributed by atoms with Crippen LogP contribution >= 0.6 is 0 Å². The number of carbonyl (C=O) groups excluding carboxylic acids is 1. The van der Waals surface area contributed by atoms with Crippen molar-refractivity contribution in [3.8, 4) is 11.7 Å². The lowest BCUT2D eigenvalue weighted by molar-refractivity contribution is -0.189. The van der Waals surface area contributed by atoms with E-state index in [1.807, 2.05) is 6.92 Å². The molecule has 1 saturated heterocycles. The fraction of sp³-hybridized carbons (Fsp3) is 0.565. The molecule has 182 valence electrons. The van der Waals surface area contributed by atoms with Gasteiger partial charge in [-0.05, 0) is 75.0 Å². The minimum Gasteiger partial charge on any atom is -0.419 e. The Morgan fingerprint density at radius 3 is 2.56 bits per heavy atom. The summed E-state index contributed by atoms with van der Waals surface area (Å²) in [5.41, 5.74) is 1.53. The first-order valence-electron chi connectivity index (χ1n) is 11.6. The fourth-order valence-electron chi connectivity index (χ4n) is 4.80. The van der Waals surface area contributed by atoms with E-state index in [1.165, 1.54) is 30.0 Å². The Kier molecular flexibility index (Phi) is 5.83. The van der Waals surface area contributed by atoms with E-state index in [1.54, 1.807) is 13.0 Å². The van der Waals surface area contributed by atoms with Crippen LogP contribution in [0.4, 0.5) is 13.2 Å². The van der Waals surface area contributed by atoms with E-state index < -0.39 is 12.1 Å². The molecule has 3 heterocycles. The molecule has 0 unspecified atom stereocenters. The second-order valence-electron chi connectivity index (χ2n) is 9.08. The zero-order chi connectivity index (χ0) is 24.0. The number of fused-ring (bicyclic) bond motifs is 1. The number of piperidine rings is 1. The number of benzene rings is 1. The summed E-state index contributed by atoms with van der Waals surface area (Å²) in [6.07, 6.45) is 1.06. The fourth-order valence-corrected chi connectivity index (χ4v) is 4.80. The lowest BCUT2D eigenvalue weighted by atomic mass is 9.88. The SMILES string of the molecule is CCc1nn(-c2noc(C3CCN(C4CCC4)CC3)n2)c2cc(C)cc(OC(=O)C(F)(F)F)c12. The van der Waals surface area contributed by atoms with Crippen LogP contribution in [0.5, 0.6) is 5.75 Å². The number of nitrogens with zero attached hydrogens (tertiary/aromatic N) is 5. The minimum absolute atomic E-state index is 0.162. The van der Waals surface area contributed by atoms with Gasteiger partial charge in [0.25, 0.3) is 5.95 Å². The van der Waals surface area contributed by atoms with Gasteiger partial charge in [0.05, 0.1) is 16.6 Å². The Hall–Kier alpha value is -2.95. The third kappa shape index (κ3) is 4.17. The summed E-state index contributed by atoms with van der Waals surface area (Å²) in [5.74, 6) is -1.55. The van der Waals surface area contributed by atoms with Gasteiger partial charge in [-0.2, -0.15) is 27.9 Å². The maximum atomic E-state index is 12.8. The lowest BCUT2D eigenvalue weighted by Crippen LogP contribution is -2.44. The van der Waals surface area contributed by atoms with Gasteiger partial charge in [0.2, 0.25) is 5.89 Å². The molecule has 5 rings (SSSR count). The van der Waals surface area contributed by atoms with Gasteiger partial charge in [-0.25, -0.2) is 4.79 Å². The van der Waals surface area contributed by atoms with Crippen LogP contribution in [0.15, 0.2) is 16.7 Å². The molecule has 0 N–H and O–H groups in total. The number of aryl methyl sites for hydroxylation is 2. The van der Waals surface area contributed by atoms with Crippen molar-refractivity contribution in [3.63, 3.8) is 0 Å². The number of ether oxygens (including phenoxy) is 1. The highest BCUT2D eigenvalue weighted by molar-refractivity contribution is 5.92. The van der Waals surface area contributed by atoms with Crippen LogP contribution < -0.4 is 4.74 Å². The summed E-state index contributed by atoms with van der Waals surface area (Å²) >= 11 is 0. The van der Waals surface area contributed by atoms with Crippen LogP contribution in [0.3, 0.4) is 0 Å². The van der Waals surface area contributed by atoms with E-state index >= 15 is 0 Å². The van der Waals surface area contributed by atoms with E-state index in [9.17, 15) is 18.0 Å². The summed E-state index contributed by atoms with van der Waals surface area (Å²) in [6, 6.07) is 3.86. The van der Waals surface area contributed by atoms with E-state index in [0.717, 1.165) is 25.9 Å². The van der Waals surface area contributed by atoms with Crippen LogP contribution in [-0.2, 0) is 11.2 Å². The molecule has 0 bridgehead atoms. The largest absolute Gasteiger partial charge is 0.491 e. The second kappa shape index (κ2) is 8.68. The summed E-state index contributed by atoms with van der Waals surface area (Å²) in [6.45, 7) is 5.53. The normalized spacial score (nSPS) is 18.4. The summed E-state index contributed by atoms with van der Waals surface area (Å²) in [7, 11) is 0. The molecule has 2 aliphatic rings. The van der Waals surface area contributed by atoms with Crippen molar-refractivity contribution in [2.75, 3.05) is 13.1 Å². The first kappa shape index (κ1) is 22.8. The van der Waals surface area contributed by atoms with Crippen molar-refractivity contribution in [2.45, 2.75) is 70.5 Å². The number of alkyl halides is 3. The second-order valence-corrected chi connectivity index (χ2v) is 9.08. The number of carbonyl (C=O) groups is 1. The predicted molar refractivity (Wildman–Crippen MR) is 116 cm³/mol. The molecule has 0 amide bonds. The van der Waals surface area contributed by atoms with Crippen LogP contribution in [0.25, 0.3) is 16.9 Å². The van der Waals surface area contributed by atoms with Crippen LogP contribution in [0.2, 0.25) is 0 Å². The molecule has 0 radical (unpaired) electrons. The van der Waals surface area contributed by atoms with Gasteiger partial charge in [0, 0.05) is 12.0 Å². The Morgan fingerprint density at radius 1 is 1.21 bits per heavy atom. The van der Waals surface area contributed by atoms with Crippen molar-refractivity contribution in [2.24, 2.45) is 0 Å². The molecular weight excluding hydrogens is 451 g/mol. The van der Waals surface area contributed by atoms with Crippen molar-refractivity contribution in [1.29, 1.82) is 0 Å². The van der Waals surface area contributed by atoms with Crippen LogP contribution in [-0.4, -0.2) is 56.1 Å². The van der Waals surface area contributed by atoms with E-state index in [4.69, 9.17) is 9.26 Å². The van der Waals surface area contributed by atoms with Gasteiger partial charge >= 0.3 is 12.1 Å².